The fourth-order valence-electron chi connectivity index (χ4n) is 1.64. The maximum atomic E-state index is 8.65. The quantitative estimate of drug-likeness (QED) is 0.721. The first-order valence-corrected chi connectivity index (χ1v) is 5.14. The van der Waals surface area contributed by atoms with Gasteiger partial charge in [0, 0.05) is 5.56 Å². The number of nitriles is 1. The summed E-state index contributed by atoms with van der Waals surface area (Å²) in [4.78, 5) is 4.35. The highest BCUT2D eigenvalue weighted by molar-refractivity contribution is 9.10. The van der Waals surface area contributed by atoms with Crippen LogP contribution in [0.3, 0.4) is 0 Å². The molecule has 0 aliphatic carbocycles. The number of hydrogen-bond donors (Lipinski definition) is 0. The van der Waals surface area contributed by atoms with E-state index < -0.39 is 0 Å². The third-order valence-corrected chi connectivity index (χ3v) is 3.13. The van der Waals surface area contributed by atoms with Gasteiger partial charge in [-0.15, -0.1) is 0 Å². The Morgan fingerprint density at radius 3 is 2.93 bits per heavy atom. The highest BCUT2D eigenvalue weighted by Gasteiger charge is 2.20. The van der Waals surface area contributed by atoms with Gasteiger partial charge in [-0.05, 0) is 34.0 Å². The molecule has 0 spiro atoms. The number of fused-ring (bicyclic) bond motifs is 1. The van der Waals surface area contributed by atoms with Crippen LogP contribution >= 0.6 is 15.9 Å². The number of rotatable bonds is 1. The van der Waals surface area contributed by atoms with Gasteiger partial charge < -0.3 is 4.74 Å². The lowest BCUT2D eigenvalue weighted by atomic mass is 10.0. The molecule has 0 unspecified atom stereocenters. The molecule has 0 saturated carbocycles. The van der Waals surface area contributed by atoms with Gasteiger partial charge in [0.1, 0.15) is 4.60 Å². The molecule has 1 aliphatic rings. The van der Waals surface area contributed by atoms with Crippen molar-refractivity contribution in [2.45, 2.75) is 26.6 Å². The minimum atomic E-state index is 0.359. The highest BCUT2D eigenvalue weighted by atomic mass is 79.9. The molecule has 2 rings (SSSR count). The van der Waals surface area contributed by atoms with Crippen LogP contribution in [-0.2, 0) is 24.4 Å². The normalized spacial score (nSPS) is 13.8. The summed E-state index contributed by atoms with van der Waals surface area (Å²) < 4.78 is 6.18. The van der Waals surface area contributed by atoms with Crippen molar-refractivity contribution in [3.63, 3.8) is 0 Å². The molecule has 0 atom stereocenters. The zero-order valence-electron chi connectivity index (χ0n) is 7.80. The van der Waals surface area contributed by atoms with Crippen molar-refractivity contribution in [3.05, 3.63) is 27.0 Å². The molecule has 0 aromatic carbocycles. The van der Waals surface area contributed by atoms with Gasteiger partial charge in [0.25, 0.3) is 0 Å². The Hall–Kier alpha value is -0.920. The van der Waals surface area contributed by atoms with Crippen molar-refractivity contribution in [1.82, 2.24) is 4.98 Å². The van der Waals surface area contributed by atoms with Crippen LogP contribution in [-0.4, -0.2) is 4.98 Å². The summed E-state index contributed by atoms with van der Waals surface area (Å²) in [5.41, 5.74) is 4.27. The standard InChI is InChI=1S/C10H9BrN2O/c1-6-7-4-14-5-8(7)10(11)13-9(6)2-3-12/h2,4-5H2,1H3. The van der Waals surface area contributed by atoms with Crippen LogP contribution in [0.1, 0.15) is 22.4 Å². The van der Waals surface area contributed by atoms with Gasteiger partial charge in [0.2, 0.25) is 0 Å². The smallest absolute Gasteiger partial charge is 0.112 e. The first-order chi connectivity index (χ1) is 6.74. The monoisotopic (exact) mass is 252 g/mol. The van der Waals surface area contributed by atoms with Crippen LogP contribution in [0.25, 0.3) is 0 Å². The van der Waals surface area contributed by atoms with Gasteiger partial charge in [-0.2, -0.15) is 5.26 Å². The predicted octanol–water partition coefficient (Wildman–Crippen LogP) is 2.25. The molecule has 0 radical (unpaired) electrons. The molecule has 0 saturated heterocycles. The van der Waals surface area contributed by atoms with E-state index in [2.05, 4.69) is 27.0 Å². The van der Waals surface area contributed by atoms with Crippen molar-refractivity contribution in [1.29, 1.82) is 5.26 Å². The summed E-state index contributed by atoms with van der Waals surface area (Å²) in [5, 5.41) is 8.65. The van der Waals surface area contributed by atoms with Crippen LogP contribution < -0.4 is 0 Å². The minimum absolute atomic E-state index is 0.359. The summed E-state index contributed by atoms with van der Waals surface area (Å²) in [6, 6.07) is 2.12. The molecular formula is C10H9BrN2O. The average Bonchev–Trinajstić information content (AvgIpc) is 2.63. The van der Waals surface area contributed by atoms with E-state index in [0.717, 1.165) is 21.4 Å². The number of hydrogen-bond acceptors (Lipinski definition) is 3. The second-order valence-corrected chi connectivity index (χ2v) is 4.01. The predicted molar refractivity (Wildman–Crippen MR) is 54.5 cm³/mol. The molecule has 14 heavy (non-hydrogen) atoms. The Balaban J connectivity index is 2.57. The first-order valence-electron chi connectivity index (χ1n) is 4.35. The fourth-order valence-corrected chi connectivity index (χ4v) is 2.21. The third kappa shape index (κ3) is 1.43. The molecule has 4 heteroatoms. The van der Waals surface area contributed by atoms with Gasteiger partial charge in [0.05, 0.1) is 31.4 Å². The maximum absolute atomic E-state index is 8.65. The van der Waals surface area contributed by atoms with Crippen LogP contribution in [0.2, 0.25) is 0 Å². The van der Waals surface area contributed by atoms with E-state index in [4.69, 9.17) is 10.00 Å². The van der Waals surface area contributed by atoms with Gasteiger partial charge in [0.15, 0.2) is 0 Å². The zero-order chi connectivity index (χ0) is 10.1. The lowest BCUT2D eigenvalue weighted by Gasteiger charge is -2.07. The Bertz CT molecular complexity index is 423. The molecule has 0 fully saturated rings. The highest BCUT2D eigenvalue weighted by Crippen LogP contribution is 2.30. The summed E-state index contributed by atoms with van der Waals surface area (Å²) in [6.07, 6.45) is 0.359. The van der Waals surface area contributed by atoms with Crippen molar-refractivity contribution in [2.75, 3.05) is 0 Å². The minimum Gasteiger partial charge on any atom is -0.372 e. The SMILES string of the molecule is Cc1c(CC#N)nc(Br)c2c1COC2. The summed E-state index contributed by atoms with van der Waals surface area (Å²) >= 11 is 3.40. The number of ether oxygens (including phenoxy) is 1. The summed E-state index contributed by atoms with van der Waals surface area (Å²) in [6.45, 7) is 3.26. The van der Waals surface area contributed by atoms with E-state index >= 15 is 0 Å². The summed E-state index contributed by atoms with van der Waals surface area (Å²) in [7, 11) is 0. The van der Waals surface area contributed by atoms with Crippen LogP contribution in [0.15, 0.2) is 4.60 Å². The van der Waals surface area contributed by atoms with Gasteiger partial charge in [-0.3, -0.25) is 0 Å². The number of halogens is 1. The van der Waals surface area contributed by atoms with E-state index in [1.807, 2.05) is 6.92 Å². The van der Waals surface area contributed by atoms with E-state index in [0.29, 0.717) is 19.6 Å². The Kier molecular flexibility index (Phi) is 2.53. The Labute approximate surface area is 90.8 Å². The lowest BCUT2D eigenvalue weighted by molar-refractivity contribution is 0.134. The molecule has 1 aromatic rings. The molecule has 0 N–H and O–H groups in total. The van der Waals surface area contributed by atoms with Crippen LogP contribution in [0, 0.1) is 18.3 Å². The maximum Gasteiger partial charge on any atom is 0.112 e. The van der Waals surface area contributed by atoms with E-state index in [1.165, 1.54) is 5.56 Å². The Morgan fingerprint density at radius 2 is 2.21 bits per heavy atom. The van der Waals surface area contributed by atoms with Crippen molar-refractivity contribution < 1.29 is 4.74 Å². The lowest BCUT2D eigenvalue weighted by Crippen LogP contribution is -2.00. The topological polar surface area (TPSA) is 45.9 Å². The summed E-state index contributed by atoms with van der Waals surface area (Å²) in [5.74, 6) is 0. The van der Waals surface area contributed by atoms with E-state index in [-0.39, 0.29) is 0 Å². The third-order valence-electron chi connectivity index (χ3n) is 2.47. The molecule has 3 nitrogen and oxygen atoms in total. The second kappa shape index (κ2) is 3.68. The van der Waals surface area contributed by atoms with Crippen molar-refractivity contribution in [3.8, 4) is 6.07 Å². The number of nitrogens with zero attached hydrogens (tertiary/aromatic N) is 2. The van der Waals surface area contributed by atoms with E-state index in [1.54, 1.807) is 0 Å². The first kappa shape index (κ1) is 9.63. The number of aromatic nitrogens is 1. The average molecular weight is 253 g/mol. The fraction of sp³-hybridized carbons (Fsp3) is 0.400. The van der Waals surface area contributed by atoms with Crippen LogP contribution in [0.5, 0.6) is 0 Å². The van der Waals surface area contributed by atoms with Crippen molar-refractivity contribution in [2.24, 2.45) is 0 Å². The number of pyridine rings is 1. The van der Waals surface area contributed by atoms with Gasteiger partial charge >= 0.3 is 0 Å². The molecule has 2 heterocycles. The van der Waals surface area contributed by atoms with Gasteiger partial charge in [-0.25, -0.2) is 4.98 Å². The largest absolute Gasteiger partial charge is 0.372 e. The molecule has 0 bridgehead atoms. The molecule has 72 valence electrons. The zero-order valence-corrected chi connectivity index (χ0v) is 9.39. The molecule has 1 aromatic heterocycles. The molecule has 0 amide bonds. The molecule has 1 aliphatic heterocycles. The van der Waals surface area contributed by atoms with Crippen LogP contribution in [0.4, 0.5) is 0 Å². The van der Waals surface area contributed by atoms with Crippen molar-refractivity contribution >= 4 is 15.9 Å². The second-order valence-electron chi connectivity index (χ2n) is 3.26. The van der Waals surface area contributed by atoms with E-state index in [9.17, 15) is 0 Å². The van der Waals surface area contributed by atoms with Gasteiger partial charge in [-0.1, -0.05) is 0 Å². The Morgan fingerprint density at radius 1 is 1.50 bits per heavy atom. The molecular weight excluding hydrogens is 244 g/mol.